The molecule has 0 aromatic rings. The lowest BCUT2D eigenvalue weighted by Gasteiger charge is -2.46. The van der Waals surface area contributed by atoms with Gasteiger partial charge in [-0.3, -0.25) is 4.79 Å². The Bertz CT molecular complexity index is 1070. The number of unbranched alkanes of at least 4 members (excludes halogenated alkanes) is 27. The molecule has 0 saturated carbocycles. The maximum atomic E-state index is 13.1. The van der Waals surface area contributed by atoms with Gasteiger partial charge in [-0.05, 0) is 12.8 Å². The van der Waals surface area contributed by atoms with E-state index >= 15 is 0 Å². The first kappa shape index (κ1) is 58.1. The molecule has 0 aromatic carbocycles. The summed E-state index contributed by atoms with van der Waals surface area (Å²) >= 11 is 0. The molecule has 0 aliphatic carbocycles. The van der Waals surface area contributed by atoms with E-state index in [4.69, 9.17) is 18.9 Å². The van der Waals surface area contributed by atoms with Crippen LogP contribution in [-0.2, 0) is 23.7 Å². The maximum absolute atomic E-state index is 13.1. The second-order valence-electron chi connectivity index (χ2n) is 18.7. The van der Waals surface area contributed by atoms with E-state index in [1.54, 1.807) is 0 Å². The molecule has 0 radical (unpaired) electrons. The van der Waals surface area contributed by atoms with Crippen molar-refractivity contribution in [2.75, 3.05) is 19.8 Å². The van der Waals surface area contributed by atoms with Crippen LogP contribution in [0.4, 0.5) is 0 Å². The summed E-state index contributed by atoms with van der Waals surface area (Å²) in [6.45, 7) is 2.81. The van der Waals surface area contributed by atoms with Crippen LogP contribution in [0.5, 0.6) is 0 Å². The van der Waals surface area contributed by atoms with Crippen molar-refractivity contribution in [3.63, 3.8) is 0 Å². The number of hydrogen-bond donors (Lipinski definition) is 9. The fourth-order valence-corrected chi connectivity index (χ4v) is 8.83. The van der Waals surface area contributed by atoms with Gasteiger partial charge in [0.25, 0.3) is 0 Å². The SMILES string of the molecule is CCCCCCCCCCCCCCCCCCCCCCCCC(=O)NC(COC1OC(CO)C(OC2OC(CO)C(O)C(O)C2O)C(O)C1O)C(O)CCCCCCCCC. The zero-order valence-electron chi connectivity index (χ0n) is 39.6. The van der Waals surface area contributed by atoms with Crippen LogP contribution in [0.25, 0.3) is 0 Å². The minimum atomic E-state index is -1.78. The molecule has 2 aliphatic rings. The molecule has 2 aliphatic heterocycles. The average molecular weight is 906 g/mol. The van der Waals surface area contributed by atoms with E-state index in [0.717, 1.165) is 51.4 Å². The zero-order chi connectivity index (χ0) is 46.1. The number of amides is 1. The Morgan fingerprint density at radius 3 is 1.35 bits per heavy atom. The van der Waals surface area contributed by atoms with E-state index in [1.165, 1.54) is 135 Å². The molecule has 12 atom stereocenters. The first-order valence-corrected chi connectivity index (χ1v) is 25.8. The van der Waals surface area contributed by atoms with Gasteiger partial charge in [-0.15, -0.1) is 0 Å². The van der Waals surface area contributed by atoms with Gasteiger partial charge in [0.1, 0.15) is 48.8 Å². The summed E-state index contributed by atoms with van der Waals surface area (Å²) < 4.78 is 22.7. The van der Waals surface area contributed by atoms with Gasteiger partial charge in [-0.25, -0.2) is 0 Å². The molecule has 2 rings (SSSR count). The molecule has 12 unspecified atom stereocenters. The molecule has 14 heteroatoms. The summed E-state index contributed by atoms with van der Waals surface area (Å²) in [6.07, 6.45) is 20.0. The second-order valence-corrected chi connectivity index (χ2v) is 18.7. The van der Waals surface area contributed by atoms with E-state index in [-0.39, 0.29) is 12.5 Å². The Morgan fingerprint density at radius 1 is 0.508 bits per heavy atom. The highest BCUT2D eigenvalue weighted by molar-refractivity contribution is 5.76. The van der Waals surface area contributed by atoms with Gasteiger partial charge in [0.05, 0.1) is 32.0 Å². The van der Waals surface area contributed by atoms with Crippen LogP contribution in [-0.4, -0.2) is 140 Å². The first-order valence-electron chi connectivity index (χ1n) is 25.8. The Hall–Kier alpha value is -1.01. The molecule has 0 aromatic heterocycles. The van der Waals surface area contributed by atoms with Gasteiger partial charge in [-0.1, -0.05) is 194 Å². The molecular formula is C49H95NO13. The van der Waals surface area contributed by atoms with Crippen molar-refractivity contribution in [3.8, 4) is 0 Å². The lowest BCUT2D eigenvalue weighted by atomic mass is 9.97. The van der Waals surface area contributed by atoms with E-state index in [2.05, 4.69) is 19.2 Å². The molecule has 0 bridgehead atoms. The van der Waals surface area contributed by atoms with Gasteiger partial charge in [0, 0.05) is 6.42 Å². The van der Waals surface area contributed by atoms with Crippen molar-refractivity contribution >= 4 is 5.91 Å². The van der Waals surface area contributed by atoms with Gasteiger partial charge >= 0.3 is 0 Å². The third-order valence-corrected chi connectivity index (χ3v) is 13.1. The number of aliphatic hydroxyl groups excluding tert-OH is 8. The van der Waals surface area contributed by atoms with Gasteiger partial charge in [0.2, 0.25) is 5.91 Å². The fourth-order valence-electron chi connectivity index (χ4n) is 8.83. The first-order chi connectivity index (χ1) is 30.6. The van der Waals surface area contributed by atoms with E-state index < -0.39 is 86.8 Å². The summed E-state index contributed by atoms with van der Waals surface area (Å²) in [5, 5.41) is 86.5. The van der Waals surface area contributed by atoms with Crippen molar-refractivity contribution in [3.05, 3.63) is 0 Å². The minimum Gasteiger partial charge on any atom is -0.394 e. The Kier molecular flexibility index (Phi) is 34.2. The number of hydrogen-bond acceptors (Lipinski definition) is 13. The van der Waals surface area contributed by atoms with Crippen LogP contribution in [0.15, 0.2) is 0 Å². The average Bonchev–Trinajstić information content (AvgIpc) is 3.28. The predicted octanol–water partition coefficient (Wildman–Crippen LogP) is 6.61. The van der Waals surface area contributed by atoms with Gasteiger partial charge in [-0.2, -0.15) is 0 Å². The molecule has 2 fully saturated rings. The monoisotopic (exact) mass is 906 g/mol. The van der Waals surface area contributed by atoms with Crippen molar-refractivity contribution in [1.82, 2.24) is 5.32 Å². The Morgan fingerprint density at radius 2 is 0.905 bits per heavy atom. The molecule has 9 N–H and O–H groups in total. The van der Waals surface area contributed by atoms with Crippen molar-refractivity contribution in [2.24, 2.45) is 0 Å². The Balaban J connectivity index is 1.71. The highest BCUT2D eigenvalue weighted by atomic mass is 16.7. The molecule has 2 heterocycles. The van der Waals surface area contributed by atoms with Crippen LogP contribution < -0.4 is 5.32 Å². The maximum Gasteiger partial charge on any atom is 0.220 e. The van der Waals surface area contributed by atoms with Gasteiger partial charge in [0.15, 0.2) is 12.6 Å². The third-order valence-electron chi connectivity index (χ3n) is 13.1. The van der Waals surface area contributed by atoms with Crippen LogP contribution >= 0.6 is 0 Å². The second kappa shape index (κ2) is 37.0. The zero-order valence-corrected chi connectivity index (χ0v) is 39.6. The molecule has 14 nitrogen and oxygen atoms in total. The molecular weight excluding hydrogens is 811 g/mol. The normalized spacial score (nSPS) is 27.4. The van der Waals surface area contributed by atoms with Crippen LogP contribution in [0.2, 0.25) is 0 Å². The van der Waals surface area contributed by atoms with E-state index in [1.807, 2.05) is 0 Å². The summed E-state index contributed by atoms with van der Waals surface area (Å²) in [5.74, 6) is -0.207. The molecule has 63 heavy (non-hydrogen) atoms. The largest absolute Gasteiger partial charge is 0.394 e. The summed E-state index contributed by atoms with van der Waals surface area (Å²) in [5.41, 5.74) is 0. The highest BCUT2D eigenvalue weighted by Gasteiger charge is 2.51. The molecule has 2 saturated heterocycles. The smallest absolute Gasteiger partial charge is 0.220 e. The third kappa shape index (κ3) is 24.5. The molecule has 374 valence electrons. The summed E-state index contributed by atoms with van der Waals surface area (Å²) in [7, 11) is 0. The van der Waals surface area contributed by atoms with Gasteiger partial charge < -0.3 is 65.1 Å². The minimum absolute atomic E-state index is 0.207. The van der Waals surface area contributed by atoms with E-state index in [9.17, 15) is 45.6 Å². The number of carbonyl (C=O) groups excluding carboxylic acids is 1. The number of ether oxygens (including phenoxy) is 4. The lowest BCUT2D eigenvalue weighted by Crippen LogP contribution is -2.65. The summed E-state index contributed by atoms with van der Waals surface area (Å²) in [4.78, 5) is 13.1. The molecule has 1 amide bonds. The number of nitrogens with one attached hydrogen (secondary N) is 1. The molecule has 0 spiro atoms. The number of rotatable bonds is 40. The predicted molar refractivity (Wildman–Crippen MR) is 245 cm³/mol. The fraction of sp³-hybridized carbons (Fsp3) is 0.980. The van der Waals surface area contributed by atoms with Crippen LogP contribution in [0.3, 0.4) is 0 Å². The lowest BCUT2D eigenvalue weighted by molar-refractivity contribution is -0.359. The quantitative estimate of drug-likeness (QED) is 0.0296. The van der Waals surface area contributed by atoms with Crippen LogP contribution in [0.1, 0.15) is 213 Å². The van der Waals surface area contributed by atoms with Crippen molar-refractivity contribution in [2.45, 2.75) is 286 Å². The number of aliphatic hydroxyl groups is 8. The standard InChI is InChI=1S/C49H95NO13/c1-3-5-7-9-11-12-13-14-15-16-17-18-19-20-21-22-23-24-25-27-29-31-33-41(54)50-37(38(53)32-30-28-26-10-8-6-4-2)36-60-48-46(59)44(57)47(40(35-52)62-48)63-49-45(58)43(56)42(55)39(34-51)61-49/h37-40,42-49,51-53,55-59H,3-36H2,1-2H3,(H,50,54). The Labute approximate surface area is 381 Å². The number of carbonyl (C=O) groups is 1. The van der Waals surface area contributed by atoms with Crippen molar-refractivity contribution < 1.29 is 64.6 Å². The van der Waals surface area contributed by atoms with Crippen molar-refractivity contribution in [1.29, 1.82) is 0 Å². The summed E-state index contributed by atoms with van der Waals surface area (Å²) in [6, 6.07) is -0.819. The van der Waals surface area contributed by atoms with Crippen LogP contribution in [0, 0.1) is 0 Å². The highest BCUT2D eigenvalue weighted by Crippen LogP contribution is 2.30. The van der Waals surface area contributed by atoms with E-state index in [0.29, 0.717) is 12.8 Å². The topological polar surface area (TPSA) is 228 Å².